The largest absolute Gasteiger partial charge is 0.392 e. The van der Waals surface area contributed by atoms with Gasteiger partial charge >= 0.3 is 0 Å². The lowest BCUT2D eigenvalue weighted by Gasteiger charge is -2.43. The Labute approximate surface area is 80.9 Å². The molecule has 1 saturated heterocycles. The van der Waals surface area contributed by atoms with Crippen LogP contribution in [0.2, 0.25) is 0 Å². The summed E-state index contributed by atoms with van der Waals surface area (Å²) in [6, 6.07) is -0.0897. The van der Waals surface area contributed by atoms with E-state index in [1.54, 1.807) is 6.92 Å². The van der Waals surface area contributed by atoms with Gasteiger partial charge in [0, 0.05) is 25.7 Å². The van der Waals surface area contributed by atoms with Crippen LogP contribution in [0.4, 0.5) is 0 Å². The molecule has 3 N–H and O–H groups in total. The van der Waals surface area contributed by atoms with Crippen LogP contribution in [-0.2, 0) is 0 Å². The Balaban J connectivity index is 2.14. The third-order valence-electron chi connectivity index (χ3n) is 3.02. The molecule has 78 valence electrons. The highest BCUT2D eigenvalue weighted by Crippen LogP contribution is 2.23. The van der Waals surface area contributed by atoms with Gasteiger partial charge in [-0.2, -0.15) is 0 Å². The molecule has 0 bridgehead atoms. The van der Waals surface area contributed by atoms with Crippen molar-refractivity contribution < 1.29 is 5.11 Å². The number of likely N-dealkylation sites (tertiary alicyclic amines) is 1. The van der Waals surface area contributed by atoms with Gasteiger partial charge in [-0.3, -0.25) is 0 Å². The Morgan fingerprint density at radius 3 is 2.31 bits per heavy atom. The topological polar surface area (TPSA) is 49.5 Å². The Hall–Kier alpha value is -0.120. The molecule has 1 aliphatic heterocycles. The maximum Gasteiger partial charge on any atom is 0.0675 e. The van der Waals surface area contributed by atoms with Crippen LogP contribution in [0.3, 0.4) is 0 Å². The summed E-state index contributed by atoms with van der Waals surface area (Å²) in [6.45, 7) is 9.41. The van der Waals surface area contributed by atoms with E-state index in [-0.39, 0.29) is 6.04 Å². The van der Waals surface area contributed by atoms with Gasteiger partial charge in [0.25, 0.3) is 0 Å². The van der Waals surface area contributed by atoms with Crippen molar-refractivity contribution in [3.63, 3.8) is 0 Å². The molecule has 3 nitrogen and oxygen atoms in total. The maximum absolute atomic E-state index is 9.21. The Bertz CT molecular complexity index is 153. The predicted octanol–water partition coefficient (Wildman–Crippen LogP) is 0.282. The van der Waals surface area contributed by atoms with Crippen molar-refractivity contribution in [2.24, 2.45) is 17.6 Å². The van der Waals surface area contributed by atoms with Crippen molar-refractivity contribution in [2.75, 3.05) is 19.6 Å². The van der Waals surface area contributed by atoms with Crippen LogP contribution >= 0.6 is 0 Å². The minimum atomic E-state index is -0.391. The minimum Gasteiger partial charge on any atom is -0.392 e. The predicted molar refractivity (Wildman–Crippen MR) is 54.4 cm³/mol. The van der Waals surface area contributed by atoms with Crippen molar-refractivity contribution >= 4 is 0 Å². The molecule has 1 fully saturated rings. The van der Waals surface area contributed by atoms with Crippen LogP contribution in [0, 0.1) is 11.8 Å². The fourth-order valence-electron chi connectivity index (χ4n) is 1.63. The SMILES string of the molecule is CC(C)C1CN(CC(N)C(C)O)C1. The zero-order valence-corrected chi connectivity index (χ0v) is 8.90. The second kappa shape index (κ2) is 4.40. The normalized spacial score (nSPS) is 24.5. The van der Waals surface area contributed by atoms with E-state index in [4.69, 9.17) is 5.73 Å². The molecule has 1 rings (SSSR count). The van der Waals surface area contributed by atoms with E-state index < -0.39 is 6.10 Å². The molecule has 0 aromatic rings. The lowest BCUT2D eigenvalue weighted by molar-refractivity contribution is 0.0435. The molecule has 13 heavy (non-hydrogen) atoms. The third-order valence-corrected chi connectivity index (χ3v) is 3.02. The highest BCUT2D eigenvalue weighted by atomic mass is 16.3. The first-order chi connectivity index (χ1) is 6.00. The molecule has 0 saturated carbocycles. The molecule has 0 amide bonds. The van der Waals surface area contributed by atoms with Gasteiger partial charge in [0.05, 0.1) is 6.10 Å². The zero-order valence-electron chi connectivity index (χ0n) is 8.90. The van der Waals surface area contributed by atoms with E-state index in [0.29, 0.717) is 0 Å². The molecule has 2 unspecified atom stereocenters. The first-order valence-corrected chi connectivity index (χ1v) is 5.16. The smallest absolute Gasteiger partial charge is 0.0675 e. The quantitative estimate of drug-likeness (QED) is 0.663. The molecular weight excluding hydrogens is 164 g/mol. The summed E-state index contributed by atoms with van der Waals surface area (Å²) in [5.74, 6) is 1.61. The fourth-order valence-corrected chi connectivity index (χ4v) is 1.63. The molecular formula is C10H22N2O. The average molecular weight is 186 g/mol. The summed E-state index contributed by atoms with van der Waals surface area (Å²) in [5.41, 5.74) is 5.76. The van der Waals surface area contributed by atoms with Crippen molar-refractivity contribution in [3.8, 4) is 0 Å². The van der Waals surface area contributed by atoms with Crippen LogP contribution in [0.5, 0.6) is 0 Å². The third kappa shape index (κ3) is 2.93. The minimum absolute atomic E-state index is 0.0897. The Morgan fingerprint density at radius 1 is 1.38 bits per heavy atom. The fraction of sp³-hybridized carbons (Fsp3) is 1.00. The van der Waals surface area contributed by atoms with Crippen LogP contribution in [0.25, 0.3) is 0 Å². The van der Waals surface area contributed by atoms with E-state index in [1.807, 2.05) is 0 Å². The molecule has 0 radical (unpaired) electrons. The first-order valence-electron chi connectivity index (χ1n) is 5.16. The van der Waals surface area contributed by atoms with Crippen LogP contribution < -0.4 is 5.73 Å². The van der Waals surface area contributed by atoms with Crippen molar-refractivity contribution in [2.45, 2.75) is 32.9 Å². The summed E-state index contributed by atoms with van der Waals surface area (Å²) in [4.78, 5) is 2.32. The Morgan fingerprint density at radius 2 is 1.92 bits per heavy atom. The summed E-state index contributed by atoms with van der Waals surface area (Å²) >= 11 is 0. The lowest BCUT2D eigenvalue weighted by Crippen LogP contribution is -2.54. The number of nitrogens with zero attached hydrogens (tertiary/aromatic N) is 1. The van der Waals surface area contributed by atoms with E-state index in [2.05, 4.69) is 18.7 Å². The Kier molecular flexibility index (Phi) is 3.71. The molecule has 0 aromatic heterocycles. The zero-order chi connectivity index (χ0) is 10.0. The maximum atomic E-state index is 9.21. The van der Waals surface area contributed by atoms with Crippen LogP contribution in [0.1, 0.15) is 20.8 Å². The van der Waals surface area contributed by atoms with E-state index >= 15 is 0 Å². The van der Waals surface area contributed by atoms with Gasteiger partial charge in [-0.05, 0) is 18.8 Å². The molecule has 0 aliphatic carbocycles. The van der Waals surface area contributed by atoms with E-state index in [1.165, 1.54) is 0 Å². The summed E-state index contributed by atoms with van der Waals surface area (Å²) in [5, 5.41) is 9.21. The van der Waals surface area contributed by atoms with E-state index in [0.717, 1.165) is 31.5 Å². The van der Waals surface area contributed by atoms with Gasteiger partial charge < -0.3 is 15.7 Å². The number of hydrogen-bond donors (Lipinski definition) is 2. The number of nitrogens with two attached hydrogens (primary N) is 1. The van der Waals surface area contributed by atoms with Crippen molar-refractivity contribution in [1.82, 2.24) is 4.90 Å². The van der Waals surface area contributed by atoms with Gasteiger partial charge in [0.2, 0.25) is 0 Å². The number of aliphatic hydroxyl groups excluding tert-OH is 1. The van der Waals surface area contributed by atoms with E-state index in [9.17, 15) is 5.11 Å². The van der Waals surface area contributed by atoms with Gasteiger partial charge in [0.1, 0.15) is 0 Å². The molecule has 0 spiro atoms. The highest BCUT2D eigenvalue weighted by Gasteiger charge is 2.30. The standard InChI is InChI=1S/C10H22N2O/c1-7(2)9-4-12(5-9)6-10(11)8(3)13/h7-10,13H,4-6,11H2,1-3H3. The number of hydrogen-bond acceptors (Lipinski definition) is 3. The van der Waals surface area contributed by atoms with Gasteiger partial charge in [-0.25, -0.2) is 0 Å². The van der Waals surface area contributed by atoms with Gasteiger partial charge in [-0.15, -0.1) is 0 Å². The lowest BCUT2D eigenvalue weighted by atomic mass is 9.88. The molecule has 3 heteroatoms. The second-order valence-electron chi connectivity index (χ2n) is 4.63. The van der Waals surface area contributed by atoms with Crippen molar-refractivity contribution in [3.05, 3.63) is 0 Å². The second-order valence-corrected chi connectivity index (χ2v) is 4.63. The number of rotatable bonds is 4. The molecule has 1 heterocycles. The molecule has 1 aliphatic rings. The van der Waals surface area contributed by atoms with Crippen LogP contribution in [-0.4, -0.2) is 41.8 Å². The molecule has 2 atom stereocenters. The summed E-state index contributed by atoms with van der Waals surface area (Å²) in [7, 11) is 0. The van der Waals surface area contributed by atoms with Crippen LogP contribution in [0.15, 0.2) is 0 Å². The van der Waals surface area contributed by atoms with Gasteiger partial charge in [-0.1, -0.05) is 13.8 Å². The summed E-state index contributed by atoms with van der Waals surface area (Å²) in [6.07, 6.45) is -0.391. The van der Waals surface area contributed by atoms with Gasteiger partial charge in [0.15, 0.2) is 0 Å². The first kappa shape index (κ1) is 11.0. The van der Waals surface area contributed by atoms with Crippen molar-refractivity contribution in [1.29, 1.82) is 0 Å². The monoisotopic (exact) mass is 186 g/mol. The number of aliphatic hydroxyl groups is 1. The summed E-state index contributed by atoms with van der Waals surface area (Å²) < 4.78 is 0. The highest BCUT2D eigenvalue weighted by molar-refractivity contribution is 4.85. The average Bonchev–Trinajstić information content (AvgIpc) is 1.94. The molecule has 0 aromatic carbocycles.